The van der Waals surface area contributed by atoms with Gasteiger partial charge in [-0.3, -0.25) is 24.1 Å². The minimum absolute atomic E-state index is 0.0528. The lowest BCUT2D eigenvalue weighted by molar-refractivity contribution is -0.146. The summed E-state index contributed by atoms with van der Waals surface area (Å²) in [5, 5.41) is 27.9. The van der Waals surface area contributed by atoms with Crippen LogP contribution in [0.2, 0.25) is 0 Å². The van der Waals surface area contributed by atoms with Crippen LogP contribution in [-0.2, 0) is 27.3 Å². The predicted octanol–water partition coefficient (Wildman–Crippen LogP) is 6.73. The van der Waals surface area contributed by atoms with Crippen molar-refractivity contribution in [2.75, 3.05) is 59.0 Å². The van der Waals surface area contributed by atoms with Crippen molar-refractivity contribution in [3.8, 4) is 11.5 Å². The number of hydrogen-bond acceptors (Lipinski definition) is 10. The number of hydrogen-bond donors (Lipinski definition) is 5. The van der Waals surface area contributed by atoms with E-state index in [2.05, 4.69) is 44.8 Å². The summed E-state index contributed by atoms with van der Waals surface area (Å²) in [4.78, 5) is 58.8. The number of aromatic nitrogens is 1. The molecule has 3 heterocycles. The highest BCUT2D eigenvalue weighted by Gasteiger charge is 2.28. The molecule has 6 aromatic rings. The number of carbonyl (C=O) groups is 3. The summed E-state index contributed by atoms with van der Waals surface area (Å²) >= 11 is 0. The van der Waals surface area contributed by atoms with Crippen LogP contribution >= 0.6 is 0 Å². The highest BCUT2D eigenvalue weighted by molar-refractivity contribution is 5.94. The van der Waals surface area contributed by atoms with Crippen LogP contribution < -0.4 is 20.9 Å². The van der Waals surface area contributed by atoms with E-state index in [9.17, 15) is 29.4 Å². The molecule has 2 aliphatic heterocycles. The number of aliphatic hydroxyl groups excluding tert-OH is 1. The van der Waals surface area contributed by atoms with Crippen molar-refractivity contribution >= 4 is 28.7 Å². The Labute approximate surface area is 397 Å². The van der Waals surface area contributed by atoms with E-state index >= 15 is 0 Å². The van der Waals surface area contributed by atoms with Crippen molar-refractivity contribution < 1.29 is 34.1 Å². The number of esters is 1. The third kappa shape index (κ3) is 12.8. The molecular weight excluding hydrogens is 859 g/mol. The number of nitrogens with one attached hydrogen (secondary N) is 3. The fraction of sp³-hybridized carbons (Fsp3) is 0.345. The molecule has 2 aliphatic rings. The van der Waals surface area contributed by atoms with E-state index in [1.165, 1.54) is 17.7 Å². The number of nitrogens with zero attached hydrogens (tertiary/aromatic N) is 2. The van der Waals surface area contributed by atoms with Gasteiger partial charge >= 0.3 is 5.97 Å². The quantitative estimate of drug-likeness (QED) is 0.0433. The smallest absolute Gasteiger partial charge is 0.317 e. The first-order chi connectivity index (χ1) is 33.2. The lowest BCUT2D eigenvalue weighted by atomic mass is 9.91. The zero-order valence-electron chi connectivity index (χ0n) is 38.4. The molecule has 13 nitrogen and oxygen atoms in total. The number of amides is 2. The van der Waals surface area contributed by atoms with Gasteiger partial charge in [0, 0.05) is 49.7 Å². The number of ether oxygens (including phenoxy) is 2. The third-order valence-corrected chi connectivity index (χ3v) is 13.3. The normalized spacial score (nSPS) is 15.7. The van der Waals surface area contributed by atoms with Gasteiger partial charge in [0.05, 0.1) is 18.2 Å². The van der Waals surface area contributed by atoms with Crippen LogP contribution in [0, 0.1) is 11.8 Å². The number of likely N-dealkylation sites (tertiary alicyclic amines) is 2. The number of fused-ring (bicyclic) bond motifs is 1. The average Bonchev–Trinajstić information content (AvgIpc) is 3.37. The molecule has 2 amide bonds. The number of phenols is 1. The molecule has 0 radical (unpaired) electrons. The van der Waals surface area contributed by atoms with Gasteiger partial charge in [-0.2, -0.15) is 0 Å². The number of pyridine rings is 1. The lowest BCUT2D eigenvalue weighted by Crippen LogP contribution is -2.43. The molecular formula is C55H61N5O8. The highest BCUT2D eigenvalue weighted by atomic mass is 16.5. The Morgan fingerprint density at radius 2 is 1.46 bits per heavy atom. The fourth-order valence-corrected chi connectivity index (χ4v) is 9.25. The molecule has 68 heavy (non-hydrogen) atoms. The molecule has 0 aliphatic carbocycles. The summed E-state index contributed by atoms with van der Waals surface area (Å²) in [6.07, 6.45) is 3.32. The SMILES string of the molecule is O=C(NCC1CCN(C(=O)COc2cccc(C(C(=O)OCC3CCN(Cc4ccccc4)CC3)c3ccccc3)c2)CC1)c1ccc(CCNC[C@H](O)c2ccc(O)c3[nH]c(=O)ccc23)cc1. The summed E-state index contributed by atoms with van der Waals surface area (Å²) in [7, 11) is 0. The minimum Gasteiger partial charge on any atom is -0.506 e. The molecule has 8 rings (SSSR count). The summed E-state index contributed by atoms with van der Waals surface area (Å²) in [6, 6.07) is 41.1. The van der Waals surface area contributed by atoms with E-state index in [-0.39, 0.29) is 48.2 Å². The minimum atomic E-state index is -0.846. The number of piperidine rings is 2. The Morgan fingerprint density at radius 3 is 2.21 bits per heavy atom. The maximum absolute atomic E-state index is 13.8. The first-order valence-electron chi connectivity index (χ1n) is 23.8. The number of aliphatic hydroxyl groups is 1. The van der Waals surface area contributed by atoms with Crippen LogP contribution in [0.3, 0.4) is 0 Å². The van der Waals surface area contributed by atoms with Gasteiger partial charge < -0.3 is 40.2 Å². The van der Waals surface area contributed by atoms with Crippen LogP contribution in [0.15, 0.2) is 138 Å². The number of benzene rings is 5. The summed E-state index contributed by atoms with van der Waals surface area (Å²) < 4.78 is 12.1. The van der Waals surface area contributed by atoms with E-state index in [0.29, 0.717) is 72.9 Å². The number of carbonyl (C=O) groups excluding carboxylic acids is 3. The summed E-state index contributed by atoms with van der Waals surface area (Å²) in [5.74, 6) is -0.179. The fourth-order valence-electron chi connectivity index (χ4n) is 9.25. The van der Waals surface area contributed by atoms with Crippen molar-refractivity contribution in [3.63, 3.8) is 0 Å². The van der Waals surface area contributed by atoms with E-state index in [0.717, 1.165) is 62.0 Å². The molecule has 13 heteroatoms. The van der Waals surface area contributed by atoms with Gasteiger partial charge in [0.15, 0.2) is 6.61 Å². The zero-order chi connectivity index (χ0) is 47.2. The van der Waals surface area contributed by atoms with Gasteiger partial charge in [0.1, 0.15) is 17.4 Å². The molecule has 5 N–H and O–H groups in total. The molecule has 2 fully saturated rings. The van der Waals surface area contributed by atoms with Crippen LogP contribution in [0.4, 0.5) is 0 Å². The van der Waals surface area contributed by atoms with Gasteiger partial charge in [0.25, 0.3) is 11.8 Å². The Morgan fingerprint density at radius 1 is 0.750 bits per heavy atom. The molecule has 354 valence electrons. The molecule has 1 unspecified atom stereocenters. The molecule has 2 atom stereocenters. The average molecular weight is 920 g/mol. The molecule has 5 aromatic carbocycles. The van der Waals surface area contributed by atoms with Crippen LogP contribution in [-0.4, -0.2) is 102 Å². The van der Waals surface area contributed by atoms with Gasteiger partial charge in [-0.1, -0.05) is 91.0 Å². The summed E-state index contributed by atoms with van der Waals surface area (Å²) in [6.45, 7) is 5.67. The monoisotopic (exact) mass is 919 g/mol. The Balaban J connectivity index is 0.738. The standard InChI is InChI=1S/C55H61N5O8/c61-48-20-18-46(47-19-21-50(63)58-53(47)48)49(62)34-56-27-22-38-14-16-43(17-15-38)54(65)57-33-39-25-30-60(31-26-39)51(64)37-67-45-13-7-12-44(32-45)52(42-10-5-2-6-11-42)55(66)68-36-41-23-28-59(29-24-41)35-40-8-3-1-4-9-40/h1-21,32,39,41,49,52,56,61-62H,22-31,33-37H2,(H,57,65)(H,58,63)/t49-,52?/m0/s1. The van der Waals surface area contributed by atoms with Gasteiger partial charge in [-0.05, 0) is 128 Å². The van der Waals surface area contributed by atoms with Gasteiger partial charge in [-0.25, -0.2) is 0 Å². The zero-order valence-corrected chi connectivity index (χ0v) is 38.4. The van der Waals surface area contributed by atoms with Gasteiger partial charge in [-0.15, -0.1) is 0 Å². The van der Waals surface area contributed by atoms with E-state index in [1.807, 2.05) is 83.8 Å². The second kappa shape index (κ2) is 23.3. The molecule has 0 spiro atoms. The van der Waals surface area contributed by atoms with Gasteiger partial charge in [0.2, 0.25) is 5.56 Å². The van der Waals surface area contributed by atoms with Crippen LogP contribution in [0.25, 0.3) is 10.9 Å². The second-order valence-corrected chi connectivity index (χ2v) is 18.0. The topological polar surface area (TPSA) is 174 Å². The van der Waals surface area contributed by atoms with Crippen molar-refractivity contribution in [2.45, 2.75) is 50.7 Å². The maximum atomic E-state index is 13.8. The molecule has 2 saturated heterocycles. The van der Waals surface area contributed by atoms with Crippen molar-refractivity contribution in [1.29, 1.82) is 0 Å². The highest BCUT2D eigenvalue weighted by Crippen LogP contribution is 2.31. The van der Waals surface area contributed by atoms with E-state index in [4.69, 9.17) is 9.47 Å². The first-order valence-corrected chi connectivity index (χ1v) is 23.8. The number of aromatic amines is 1. The Kier molecular flexibility index (Phi) is 16.3. The number of phenolic OH excluding ortho intramolecular Hbond substituents is 1. The molecule has 0 bridgehead atoms. The Bertz CT molecular complexity index is 2660. The molecule has 1 aromatic heterocycles. The third-order valence-electron chi connectivity index (χ3n) is 13.3. The van der Waals surface area contributed by atoms with Crippen molar-refractivity contribution in [3.05, 3.63) is 177 Å². The summed E-state index contributed by atoms with van der Waals surface area (Å²) in [5.41, 5.74) is 5.06. The van der Waals surface area contributed by atoms with Crippen LogP contribution in [0.5, 0.6) is 11.5 Å². The van der Waals surface area contributed by atoms with Crippen LogP contribution in [0.1, 0.15) is 75.9 Å². The number of rotatable bonds is 19. The molecule has 0 saturated carbocycles. The van der Waals surface area contributed by atoms with E-state index in [1.54, 1.807) is 18.2 Å². The Hall–Kier alpha value is -6.80. The first kappa shape index (κ1) is 47.7. The maximum Gasteiger partial charge on any atom is 0.317 e. The van der Waals surface area contributed by atoms with Crippen molar-refractivity contribution in [1.82, 2.24) is 25.4 Å². The number of aromatic hydroxyl groups is 1. The second-order valence-electron chi connectivity index (χ2n) is 18.0. The largest absolute Gasteiger partial charge is 0.506 e. The predicted molar refractivity (Wildman–Crippen MR) is 261 cm³/mol. The van der Waals surface area contributed by atoms with Crippen molar-refractivity contribution in [2.24, 2.45) is 11.8 Å². The van der Waals surface area contributed by atoms with E-state index < -0.39 is 12.0 Å². The lowest BCUT2D eigenvalue weighted by Gasteiger charge is -2.32. The number of H-pyrrole nitrogens is 1.